The first-order chi connectivity index (χ1) is 19.2. The van der Waals surface area contributed by atoms with Crippen LogP contribution in [0.1, 0.15) is 68.1 Å². The number of hydrogen-bond donors (Lipinski definition) is 4. The Kier molecular flexibility index (Phi) is 10.2. The molecule has 39 heavy (non-hydrogen) atoms. The molecule has 0 saturated heterocycles. The highest BCUT2D eigenvalue weighted by Crippen LogP contribution is 2.45. The molecule has 4 N–H and O–H groups in total. The summed E-state index contributed by atoms with van der Waals surface area (Å²) in [5, 5.41) is 13.3. The fourth-order valence-electron chi connectivity index (χ4n) is 6.09. The van der Waals surface area contributed by atoms with Gasteiger partial charge < -0.3 is 30.7 Å². The molecule has 1 aromatic carbocycles. The number of anilines is 3. The second-order valence-electron chi connectivity index (χ2n) is 11.0. The van der Waals surface area contributed by atoms with Crippen molar-refractivity contribution in [1.82, 2.24) is 20.3 Å². The molecule has 0 aliphatic heterocycles. The van der Waals surface area contributed by atoms with Crippen molar-refractivity contribution in [3.8, 4) is 0 Å². The van der Waals surface area contributed by atoms with Crippen LogP contribution >= 0.6 is 0 Å². The minimum atomic E-state index is -0.0919. The van der Waals surface area contributed by atoms with Gasteiger partial charge in [0.1, 0.15) is 0 Å². The number of fused-ring (bicyclic) bond motifs is 2. The van der Waals surface area contributed by atoms with E-state index < -0.39 is 0 Å². The van der Waals surface area contributed by atoms with Crippen LogP contribution in [-0.2, 0) is 9.47 Å². The van der Waals surface area contributed by atoms with Gasteiger partial charge in [-0.15, -0.1) is 0 Å². The fourth-order valence-corrected chi connectivity index (χ4v) is 6.09. The lowest BCUT2D eigenvalue weighted by Gasteiger charge is -2.25. The molecule has 1 heterocycles. The minimum Gasteiger partial charge on any atom is -0.377 e. The van der Waals surface area contributed by atoms with Crippen LogP contribution in [-0.4, -0.2) is 72.5 Å². The van der Waals surface area contributed by atoms with E-state index in [0.29, 0.717) is 75.0 Å². The highest BCUT2D eigenvalue weighted by atomic mass is 16.5. The van der Waals surface area contributed by atoms with Crippen molar-refractivity contribution in [1.29, 1.82) is 0 Å². The van der Waals surface area contributed by atoms with E-state index >= 15 is 0 Å². The second kappa shape index (κ2) is 14.4. The van der Waals surface area contributed by atoms with Crippen molar-refractivity contribution < 1.29 is 14.3 Å². The molecular weight excluding hydrogens is 494 g/mol. The van der Waals surface area contributed by atoms with Crippen molar-refractivity contribution in [2.75, 3.05) is 55.5 Å². The predicted molar refractivity (Wildman–Crippen MR) is 152 cm³/mol. The molecule has 10 nitrogen and oxygen atoms in total. The number of ether oxygens (including phenoxy) is 2. The summed E-state index contributed by atoms with van der Waals surface area (Å²) in [6.07, 6.45) is 11.4. The average molecular weight is 538 g/mol. The van der Waals surface area contributed by atoms with Gasteiger partial charge in [0.25, 0.3) is 5.91 Å². The second-order valence-corrected chi connectivity index (χ2v) is 11.0. The zero-order chi connectivity index (χ0) is 26.7. The molecular formula is C29H43N7O3. The Hall–Kier alpha value is -2.98. The summed E-state index contributed by atoms with van der Waals surface area (Å²) in [4.78, 5) is 26.1. The molecule has 3 unspecified atom stereocenters. The monoisotopic (exact) mass is 537 g/mol. The van der Waals surface area contributed by atoms with Gasteiger partial charge in [-0.05, 0) is 56.1 Å². The molecule has 1 amide bonds. The fraction of sp³-hybridized carbons (Fsp3) is 0.655. The topological polar surface area (TPSA) is 122 Å². The van der Waals surface area contributed by atoms with E-state index in [4.69, 9.17) is 14.5 Å². The number of hydrogen-bond acceptors (Lipinski definition) is 9. The third kappa shape index (κ3) is 8.50. The molecule has 5 rings (SSSR count). The van der Waals surface area contributed by atoms with Crippen molar-refractivity contribution in [2.24, 2.45) is 11.8 Å². The zero-order valence-electron chi connectivity index (χ0n) is 22.9. The number of carbonyl (C=O) groups excluding carboxylic acids is 1. The van der Waals surface area contributed by atoms with E-state index in [1.807, 2.05) is 18.2 Å². The maximum atomic E-state index is 12.0. The van der Waals surface area contributed by atoms with E-state index in [1.54, 1.807) is 12.1 Å². The molecule has 3 atom stereocenters. The van der Waals surface area contributed by atoms with Crippen LogP contribution in [0.2, 0.25) is 0 Å². The first-order valence-corrected chi connectivity index (χ1v) is 14.7. The van der Waals surface area contributed by atoms with Gasteiger partial charge in [0.05, 0.1) is 26.4 Å². The SMILES string of the molecule is O=C(NCCOCCOCCNc1nc(NC2CCCCC2)nc(NC2CC3CCC2C3)n1)c1ccccc1. The number of nitrogens with one attached hydrogen (secondary N) is 4. The molecule has 3 aliphatic carbocycles. The lowest BCUT2D eigenvalue weighted by Crippen LogP contribution is -2.28. The van der Waals surface area contributed by atoms with Crippen LogP contribution in [0.15, 0.2) is 30.3 Å². The summed E-state index contributed by atoms with van der Waals surface area (Å²) >= 11 is 0. The Morgan fingerprint density at radius 2 is 1.49 bits per heavy atom. The molecule has 0 radical (unpaired) electrons. The van der Waals surface area contributed by atoms with Gasteiger partial charge in [-0.3, -0.25) is 4.79 Å². The third-order valence-electron chi connectivity index (χ3n) is 8.10. The number of amides is 1. The predicted octanol–water partition coefficient (Wildman–Crippen LogP) is 4.09. The van der Waals surface area contributed by atoms with E-state index in [-0.39, 0.29) is 5.91 Å². The Bertz CT molecular complexity index is 1030. The standard InChI is InChI=1S/C29H43N7O3/c37-26(22-7-3-1-4-8-22)30-13-15-38-17-18-39-16-14-31-27-34-28(32-24-9-5-2-6-10-24)36-29(35-27)33-25-20-21-11-12-23(25)19-21/h1,3-4,7-8,21,23-25H,2,5-6,9-20H2,(H,30,37)(H3,31,32,33,34,35,36). The highest BCUT2D eigenvalue weighted by Gasteiger charge is 2.39. The third-order valence-corrected chi connectivity index (χ3v) is 8.10. The van der Waals surface area contributed by atoms with Crippen molar-refractivity contribution >= 4 is 23.8 Å². The summed E-state index contributed by atoms with van der Waals surface area (Å²) < 4.78 is 11.3. The Morgan fingerprint density at radius 3 is 2.21 bits per heavy atom. The van der Waals surface area contributed by atoms with Gasteiger partial charge in [-0.25, -0.2) is 0 Å². The number of aromatic nitrogens is 3. The van der Waals surface area contributed by atoms with Gasteiger partial charge in [0.2, 0.25) is 17.8 Å². The maximum Gasteiger partial charge on any atom is 0.251 e. The number of carbonyl (C=O) groups is 1. The number of rotatable bonds is 15. The van der Waals surface area contributed by atoms with Crippen LogP contribution in [0.4, 0.5) is 17.8 Å². The lowest BCUT2D eigenvalue weighted by molar-refractivity contribution is 0.0519. The zero-order valence-corrected chi connectivity index (χ0v) is 22.9. The van der Waals surface area contributed by atoms with Crippen molar-refractivity contribution in [3.05, 3.63) is 35.9 Å². The van der Waals surface area contributed by atoms with E-state index in [1.165, 1.54) is 57.8 Å². The maximum absolute atomic E-state index is 12.0. The van der Waals surface area contributed by atoms with Crippen LogP contribution in [0.5, 0.6) is 0 Å². The average Bonchev–Trinajstić information content (AvgIpc) is 3.58. The minimum absolute atomic E-state index is 0.0919. The lowest BCUT2D eigenvalue weighted by atomic mass is 9.95. The van der Waals surface area contributed by atoms with Gasteiger partial charge in [-0.1, -0.05) is 43.9 Å². The Labute approximate surface area is 231 Å². The number of benzene rings is 1. The Balaban J connectivity index is 1.00. The first-order valence-electron chi connectivity index (χ1n) is 14.7. The van der Waals surface area contributed by atoms with Gasteiger partial charge >= 0.3 is 0 Å². The molecule has 2 bridgehead atoms. The molecule has 1 aromatic heterocycles. The smallest absolute Gasteiger partial charge is 0.251 e. The molecule has 3 aliphatic rings. The first kappa shape index (κ1) is 27.6. The van der Waals surface area contributed by atoms with E-state index in [9.17, 15) is 4.79 Å². The molecule has 3 fully saturated rings. The van der Waals surface area contributed by atoms with Crippen LogP contribution in [0.3, 0.4) is 0 Å². The summed E-state index contributed by atoms with van der Waals surface area (Å²) in [6, 6.07) is 10.1. The molecule has 10 heteroatoms. The molecule has 0 spiro atoms. The molecule has 2 aromatic rings. The molecule has 212 valence electrons. The van der Waals surface area contributed by atoms with Gasteiger partial charge in [0.15, 0.2) is 0 Å². The van der Waals surface area contributed by atoms with E-state index in [2.05, 4.69) is 31.2 Å². The largest absolute Gasteiger partial charge is 0.377 e. The van der Waals surface area contributed by atoms with Crippen LogP contribution in [0, 0.1) is 11.8 Å². The Morgan fingerprint density at radius 1 is 0.769 bits per heavy atom. The molecule has 3 saturated carbocycles. The number of nitrogens with zero attached hydrogens (tertiary/aromatic N) is 3. The summed E-state index contributed by atoms with van der Waals surface area (Å²) in [5.41, 5.74) is 0.650. The quantitative estimate of drug-likeness (QED) is 0.249. The van der Waals surface area contributed by atoms with Crippen molar-refractivity contribution in [2.45, 2.75) is 69.9 Å². The highest BCUT2D eigenvalue weighted by molar-refractivity contribution is 5.94. The summed E-state index contributed by atoms with van der Waals surface area (Å²) in [5.74, 6) is 3.40. The van der Waals surface area contributed by atoms with Gasteiger partial charge in [0, 0.05) is 30.7 Å². The van der Waals surface area contributed by atoms with Crippen LogP contribution in [0.25, 0.3) is 0 Å². The van der Waals surface area contributed by atoms with Crippen LogP contribution < -0.4 is 21.3 Å². The van der Waals surface area contributed by atoms with Crippen molar-refractivity contribution in [3.63, 3.8) is 0 Å². The summed E-state index contributed by atoms with van der Waals surface area (Å²) in [6.45, 7) is 2.97. The van der Waals surface area contributed by atoms with E-state index in [0.717, 1.165) is 11.8 Å². The summed E-state index contributed by atoms with van der Waals surface area (Å²) in [7, 11) is 0. The van der Waals surface area contributed by atoms with Gasteiger partial charge in [-0.2, -0.15) is 15.0 Å². The normalized spacial score (nSPS) is 22.5.